The van der Waals surface area contributed by atoms with Gasteiger partial charge in [0.05, 0.1) is 6.10 Å². The summed E-state index contributed by atoms with van der Waals surface area (Å²) in [5, 5.41) is 0. The summed E-state index contributed by atoms with van der Waals surface area (Å²) >= 11 is 0. The third kappa shape index (κ3) is 5.23. The van der Waals surface area contributed by atoms with Gasteiger partial charge in [-0.3, -0.25) is 11.3 Å². The number of hydrogen-bond acceptors (Lipinski definition) is 3. The van der Waals surface area contributed by atoms with Crippen LogP contribution in [0.5, 0.6) is 0 Å². The van der Waals surface area contributed by atoms with Gasteiger partial charge in [0.2, 0.25) is 0 Å². The maximum absolute atomic E-state index is 5.68. The van der Waals surface area contributed by atoms with Crippen LogP contribution in [-0.2, 0) is 11.2 Å². The first-order valence-corrected chi connectivity index (χ1v) is 7.91. The molecule has 0 aromatic heterocycles. The molecule has 0 spiro atoms. The summed E-state index contributed by atoms with van der Waals surface area (Å²) in [6.07, 6.45) is 8.70. The summed E-state index contributed by atoms with van der Waals surface area (Å²) in [7, 11) is 0. The number of rotatable bonds is 8. The van der Waals surface area contributed by atoms with E-state index in [0.29, 0.717) is 12.1 Å². The van der Waals surface area contributed by atoms with E-state index in [1.165, 1.54) is 36.8 Å². The van der Waals surface area contributed by atoms with Crippen LogP contribution in [0.15, 0.2) is 24.3 Å². The summed E-state index contributed by atoms with van der Waals surface area (Å²) in [6.45, 7) is 3.10. The van der Waals surface area contributed by atoms with Crippen LogP contribution in [0, 0.1) is 6.92 Å². The van der Waals surface area contributed by atoms with Gasteiger partial charge >= 0.3 is 0 Å². The summed E-state index contributed by atoms with van der Waals surface area (Å²) in [5.41, 5.74) is 5.71. The van der Waals surface area contributed by atoms with Gasteiger partial charge in [0, 0.05) is 12.6 Å². The highest BCUT2D eigenvalue weighted by Gasteiger charge is 2.15. The first kappa shape index (κ1) is 15.5. The number of nitrogens with two attached hydrogens (primary N) is 1. The van der Waals surface area contributed by atoms with Crippen LogP contribution in [0.4, 0.5) is 0 Å². The van der Waals surface area contributed by atoms with Crippen LogP contribution in [-0.4, -0.2) is 18.8 Å². The molecular formula is C17H28N2O. The van der Waals surface area contributed by atoms with E-state index in [-0.39, 0.29) is 0 Å². The van der Waals surface area contributed by atoms with Gasteiger partial charge in [-0.15, -0.1) is 0 Å². The number of hydrogen-bond donors (Lipinski definition) is 2. The average Bonchev–Trinajstić information content (AvgIpc) is 2.96. The van der Waals surface area contributed by atoms with E-state index in [4.69, 9.17) is 10.6 Å². The van der Waals surface area contributed by atoms with Crippen molar-refractivity contribution in [3.8, 4) is 0 Å². The third-order valence-electron chi connectivity index (χ3n) is 4.20. The molecule has 1 aromatic rings. The summed E-state index contributed by atoms with van der Waals surface area (Å²) in [5.74, 6) is 5.68. The lowest BCUT2D eigenvalue weighted by atomic mass is 9.99. The van der Waals surface area contributed by atoms with Crippen molar-refractivity contribution in [1.82, 2.24) is 5.43 Å². The molecule has 0 saturated carbocycles. The molecule has 0 bridgehead atoms. The molecule has 2 unspecified atom stereocenters. The molecule has 112 valence electrons. The van der Waals surface area contributed by atoms with Gasteiger partial charge in [-0.25, -0.2) is 0 Å². The molecule has 2 rings (SSSR count). The van der Waals surface area contributed by atoms with E-state index in [1.54, 1.807) is 0 Å². The van der Waals surface area contributed by atoms with Crippen LogP contribution in [0.1, 0.15) is 49.7 Å². The molecule has 3 N–H and O–H groups in total. The van der Waals surface area contributed by atoms with E-state index in [9.17, 15) is 0 Å². The van der Waals surface area contributed by atoms with Gasteiger partial charge in [0.25, 0.3) is 0 Å². The van der Waals surface area contributed by atoms with Crippen LogP contribution >= 0.6 is 0 Å². The zero-order valence-corrected chi connectivity index (χ0v) is 12.6. The summed E-state index contributed by atoms with van der Waals surface area (Å²) < 4.78 is 5.66. The van der Waals surface area contributed by atoms with Crippen molar-refractivity contribution in [2.75, 3.05) is 6.61 Å². The molecule has 20 heavy (non-hydrogen) atoms. The quantitative estimate of drug-likeness (QED) is 0.566. The molecule has 1 aromatic carbocycles. The predicted octanol–water partition coefficient (Wildman–Crippen LogP) is 3.11. The number of aryl methyl sites for hydroxylation is 2. The Morgan fingerprint density at radius 3 is 3.00 bits per heavy atom. The first-order chi connectivity index (χ1) is 9.78. The Bertz CT molecular complexity index is 388. The van der Waals surface area contributed by atoms with Crippen molar-refractivity contribution in [3.63, 3.8) is 0 Å². The Morgan fingerprint density at radius 1 is 1.40 bits per heavy atom. The van der Waals surface area contributed by atoms with Crippen molar-refractivity contribution >= 4 is 0 Å². The monoisotopic (exact) mass is 276 g/mol. The lowest BCUT2D eigenvalue weighted by molar-refractivity contribution is 0.101. The van der Waals surface area contributed by atoms with Crippen molar-refractivity contribution < 1.29 is 4.74 Å². The third-order valence-corrected chi connectivity index (χ3v) is 4.20. The van der Waals surface area contributed by atoms with E-state index in [0.717, 1.165) is 25.9 Å². The van der Waals surface area contributed by atoms with Crippen LogP contribution in [0.25, 0.3) is 0 Å². The second-order valence-electron chi connectivity index (χ2n) is 5.96. The maximum Gasteiger partial charge on any atom is 0.0576 e. The highest BCUT2D eigenvalue weighted by molar-refractivity contribution is 5.22. The second-order valence-corrected chi connectivity index (χ2v) is 5.96. The van der Waals surface area contributed by atoms with Crippen LogP contribution < -0.4 is 11.3 Å². The standard InChI is InChI=1S/C17H28N2O/c1-14-5-2-6-15(13-14)10-11-16(19-18)7-3-8-17-9-4-12-20-17/h2,5-6,13,16-17,19H,3-4,7-12,18H2,1H3. The normalized spacial score (nSPS) is 20.2. The van der Waals surface area contributed by atoms with Crippen molar-refractivity contribution in [3.05, 3.63) is 35.4 Å². The van der Waals surface area contributed by atoms with Gasteiger partial charge in [-0.1, -0.05) is 29.8 Å². The SMILES string of the molecule is Cc1cccc(CCC(CCCC2CCCO2)NN)c1. The molecule has 2 atom stereocenters. The van der Waals surface area contributed by atoms with Crippen molar-refractivity contribution in [2.24, 2.45) is 5.84 Å². The molecule has 0 amide bonds. The second kappa shape index (κ2) is 8.40. The fourth-order valence-electron chi connectivity index (χ4n) is 2.98. The lowest BCUT2D eigenvalue weighted by Crippen LogP contribution is -2.35. The Labute approximate surface area is 122 Å². The van der Waals surface area contributed by atoms with E-state index in [2.05, 4.69) is 36.6 Å². The summed E-state index contributed by atoms with van der Waals surface area (Å²) in [4.78, 5) is 0. The first-order valence-electron chi connectivity index (χ1n) is 7.91. The number of nitrogens with one attached hydrogen (secondary N) is 1. The van der Waals surface area contributed by atoms with Gasteiger partial charge in [0.15, 0.2) is 0 Å². The zero-order chi connectivity index (χ0) is 14.2. The minimum atomic E-state index is 0.414. The number of benzene rings is 1. The molecule has 1 fully saturated rings. The fraction of sp³-hybridized carbons (Fsp3) is 0.647. The Kier molecular flexibility index (Phi) is 6.51. The largest absolute Gasteiger partial charge is 0.378 e. The molecule has 1 aliphatic rings. The fourth-order valence-corrected chi connectivity index (χ4v) is 2.98. The topological polar surface area (TPSA) is 47.3 Å². The van der Waals surface area contributed by atoms with Crippen LogP contribution in [0.2, 0.25) is 0 Å². The van der Waals surface area contributed by atoms with E-state index in [1.807, 2.05) is 0 Å². The molecular weight excluding hydrogens is 248 g/mol. The zero-order valence-electron chi connectivity index (χ0n) is 12.6. The van der Waals surface area contributed by atoms with E-state index < -0.39 is 0 Å². The van der Waals surface area contributed by atoms with Crippen molar-refractivity contribution in [2.45, 2.75) is 64.0 Å². The van der Waals surface area contributed by atoms with Gasteiger partial charge < -0.3 is 4.74 Å². The van der Waals surface area contributed by atoms with E-state index >= 15 is 0 Å². The van der Waals surface area contributed by atoms with Crippen molar-refractivity contribution in [1.29, 1.82) is 0 Å². The molecule has 0 aliphatic carbocycles. The highest BCUT2D eigenvalue weighted by atomic mass is 16.5. The summed E-state index contributed by atoms with van der Waals surface area (Å²) in [6, 6.07) is 9.15. The van der Waals surface area contributed by atoms with Gasteiger partial charge in [0.1, 0.15) is 0 Å². The lowest BCUT2D eigenvalue weighted by Gasteiger charge is -2.17. The molecule has 3 heteroatoms. The Hall–Kier alpha value is -0.900. The number of ether oxygens (including phenoxy) is 1. The molecule has 0 radical (unpaired) electrons. The Balaban J connectivity index is 1.66. The molecule has 3 nitrogen and oxygen atoms in total. The average molecular weight is 276 g/mol. The van der Waals surface area contributed by atoms with Gasteiger partial charge in [-0.05, 0) is 57.4 Å². The molecule has 1 aliphatic heterocycles. The molecule has 1 saturated heterocycles. The molecule has 1 heterocycles. The minimum absolute atomic E-state index is 0.414. The minimum Gasteiger partial charge on any atom is -0.378 e. The maximum atomic E-state index is 5.68. The Morgan fingerprint density at radius 2 is 2.30 bits per heavy atom. The highest BCUT2D eigenvalue weighted by Crippen LogP contribution is 2.19. The van der Waals surface area contributed by atoms with Gasteiger partial charge in [-0.2, -0.15) is 0 Å². The predicted molar refractivity (Wildman–Crippen MR) is 83.4 cm³/mol. The smallest absolute Gasteiger partial charge is 0.0576 e. The van der Waals surface area contributed by atoms with Crippen LogP contribution in [0.3, 0.4) is 0 Å². The number of hydrazine groups is 1.